The van der Waals surface area contributed by atoms with Crippen molar-refractivity contribution in [3.8, 4) is 0 Å². The van der Waals surface area contributed by atoms with E-state index in [0.717, 1.165) is 31.2 Å². The van der Waals surface area contributed by atoms with Crippen molar-refractivity contribution in [2.24, 2.45) is 16.8 Å². The van der Waals surface area contributed by atoms with Crippen LogP contribution in [0, 0.1) is 11.8 Å². The van der Waals surface area contributed by atoms with Gasteiger partial charge in [0.1, 0.15) is 0 Å². The number of hydrogen-bond acceptors (Lipinski definition) is 3. The first kappa shape index (κ1) is 17.1. The summed E-state index contributed by atoms with van der Waals surface area (Å²) in [5.41, 5.74) is 0.841. The van der Waals surface area contributed by atoms with E-state index in [1.54, 1.807) is 12.1 Å². The zero-order valence-corrected chi connectivity index (χ0v) is 15.3. The molecule has 0 aromatic heterocycles. The van der Waals surface area contributed by atoms with Crippen molar-refractivity contribution in [2.45, 2.75) is 38.1 Å². The van der Waals surface area contributed by atoms with Crippen molar-refractivity contribution in [1.29, 1.82) is 0 Å². The molecule has 3 fully saturated rings. The summed E-state index contributed by atoms with van der Waals surface area (Å²) in [6.07, 6.45) is 2.70. The normalized spacial score (nSPS) is 32.1. The van der Waals surface area contributed by atoms with Gasteiger partial charge in [-0.2, -0.15) is 0 Å². The van der Waals surface area contributed by atoms with Crippen LogP contribution in [-0.2, 0) is 4.74 Å². The third-order valence-corrected chi connectivity index (χ3v) is 6.01. The van der Waals surface area contributed by atoms with Crippen LogP contribution in [0.15, 0.2) is 29.3 Å². The lowest BCUT2D eigenvalue weighted by Gasteiger charge is -2.23. The predicted octanol–water partition coefficient (Wildman–Crippen LogP) is 2.45. The molecule has 5 unspecified atom stereocenters. The number of fused-ring (bicyclic) bond motifs is 5. The molecular weight excluding hydrogens is 338 g/mol. The SMILES string of the molecule is CCNC(=NCC(O)c1ccc(Cl)cc1)N1CC2C3CCC(O3)C2C1. The van der Waals surface area contributed by atoms with Crippen molar-refractivity contribution in [3.05, 3.63) is 34.9 Å². The van der Waals surface area contributed by atoms with Gasteiger partial charge in [0.15, 0.2) is 5.96 Å². The molecule has 5 nitrogen and oxygen atoms in total. The van der Waals surface area contributed by atoms with Crippen LogP contribution in [-0.4, -0.2) is 54.4 Å². The second kappa shape index (κ2) is 7.14. The number of benzene rings is 1. The molecule has 6 heteroatoms. The van der Waals surface area contributed by atoms with Crippen molar-refractivity contribution in [1.82, 2.24) is 10.2 Å². The Balaban J connectivity index is 1.42. The Labute approximate surface area is 154 Å². The predicted molar refractivity (Wildman–Crippen MR) is 98.8 cm³/mol. The molecule has 136 valence electrons. The van der Waals surface area contributed by atoms with Crippen molar-refractivity contribution >= 4 is 17.6 Å². The summed E-state index contributed by atoms with van der Waals surface area (Å²) in [5, 5.41) is 14.5. The zero-order valence-electron chi connectivity index (χ0n) is 14.6. The number of guanidine groups is 1. The molecule has 0 spiro atoms. The molecule has 5 atom stereocenters. The maximum atomic E-state index is 10.4. The molecular formula is C19H26ClN3O2. The average Bonchev–Trinajstić information content (AvgIpc) is 3.31. The van der Waals surface area contributed by atoms with Crippen molar-refractivity contribution in [2.75, 3.05) is 26.2 Å². The minimum atomic E-state index is -0.618. The zero-order chi connectivity index (χ0) is 17.4. The van der Waals surface area contributed by atoms with Gasteiger partial charge in [-0.05, 0) is 37.5 Å². The van der Waals surface area contributed by atoms with Crippen LogP contribution >= 0.6 is 11.6 Å². The maximum Gasteiger partial charge on any atom is 0.194 e. The number of nitrogens with zero attached hydrogens (tertiary/aromatic N) is 2. The summed E-state index contributed by atoms with van der Waals surface area (Å²) >= 11 is 5.91. The second-order valence-corrected chi connectivity index (χ2v) is 7.72. The number of ether oxygens (including phenoxy) is 1. The van der Waals surface area contributed by atoms with E-state index in [-0.39, 0.29) is 0 Å². The van der Waals surface area contributed by atoms with Gasteiger partial charge in [0, 0.05) is 36.5 Å². The third-order valence-electron chi connectivity index (χ3n) is 5.76. The summed E-state index contributed by atoms with van der Waals surface area (Å²) in [4.78, 5) is 7.05. The van der Waals surface area contributed by atoms with Crippen LogP contribution < -0.4 is 5.32 Å². The van der Waals surface area contributed by atoms with Crippen LogP contribution in [0.25, 0.3) is 0 Å². The van der Waals surface area contributed by atoms with Crippen LogP contribution in [0.3, 0.4) is 0 Å². The Hall–Kier alpha value is -1.30. The fourth-order valence-corrected chi connectivity index (χ4v) is 4.65. The maximum absolute atomic E-state index is 10.4. The van der Waals surface area contributed by atoms with Gasteiger partial charge in [0.25, 0.3) is 0 Å². The minimum absolute atomic E-state index is 0.346. The molecule has 2 N–H and O–H groups in total. The van der Waals surface area contributed by atoms with E-state index in [0.29, 0.717) is 35.6 Å². The van der Waals surface area contributed by atoms with E-state index in [1.165, 1.54) is 12.8 Å². The van der Waals surface area contributed by atoms with Crippen LogP contribution in [0.4, 0.5) is 0 Å². The Morgan fingerprint density at radius 3 is 2.52 bits per heavy atom. The number of nitrogens with one attached hydrogen (secondary N) is 1. The van der Waals surface area contributed by atoms with Gasteiger partial charge < -0.3 is 20.1 Å². The lowest BCUT2D eigenvalue weighted by atomic mass is 9.82. The number of likely N-dealkylation sites (tertiary alicyclic amines) is 1. The molecule has 0 saturated carbocycles. The summed E-state index contributed by atoms with van der Waals surface area (Å²) in [5.74, 6) is 2.19. The third kappa shape index (κ3) is 3.37. The van der Waals surface area contributed by atoms with E-state index in [2.05, 4.69) is 17.1 Å². The molecule has 2 bridgehead atoms. The number of halogens is 1. The van der Waals surface area contributed by atoms with Gasteiger partial charge in [-0.25, -0.2) is 0 Å². The smallest absolute Gasteiger partial charge is 0.194 e. The fraction of sp³-hybridized carbons (Fsp3) is 0.632. The lowest BCUT2D eigenvalue weighted by molar-refractivity contribution is 0.0766. The summed E-state index contributed by atoms with van der Waals surface area (Å²) in [6, 6.07) is 7.30. The molecule has 0 aliphatic carbocycles. The Bertz CT molecular complexity index is 618. The van der Waals surface area contributed by atoms with E-state index < -0.39 is 6.10 Å². The Morgan fingerprint density at radius 1 is 1.28 bits per heavy atom. The summed E-state index contributed by atoms with van der Waals surface area (Å²) in [7, 11) is 0. The first-order valence-electron chi connectivity index (χ1n) is 9.28. The highest BCUT2D eigenvalue weighted by Gasteiger charge is 2.53. The number of aliphatic hydroxyl groups excluding tert-OH is 1. The van der Waals surface area contributed by atoms with Crippen molar-refractivity contribution < 1.29 is 9.84 Å². The second-order valence-electron chi connectivity index (χ2n) is 7.29. The van der Waals surface area contributed by atoms with Gasteiger partial charge in [0.2, 0.25) is 0 Å². The molecule has 3 saturated heterocycles. The molecule has 3 heterocycles. The van der Waals surface area contributed by atoms with Gasteiger partial charge >= 0.3 is 0 Å². The van der Waals surface area contributed by atoms with Crippen LogP contribution in [0.2, 0.25) is 5.02 Å². The van der Waals surface area contributed by atoms with Crippen molar-refractivity contribution in [3.63, 3.8) is 0 Å². The highest BCUT2D eigenvalue weighted by Crippen LogP contribution is 2.47. The number of aliphatic imine (C=N–C) groups is 1. The molecule has 0 amide bonds. The number of aliphatic hydroxyl groups is 1. The van der Waals surface area contributed by atoms with E-state index in [9.17, 15) is 5.11 Å². The first-order chi connectivity index (χ1) is 12.2. The van der Waals surface area contributed by atoms with Crippen LogP contribution in [0.1, 0.15) is 31.4 Å². The van der Waals surface area contributed by atoms with E-state index >= 15 is 0 Å². The molecule has 0 radical (unpaired) electrons. The Kier molecular flexibility index (Phi) is 4.89. The summed E-state index contributed by atoms with van der Waals surface area (Å²) < 4.78 is 6.06. The van der Waals surface area contributed by atoms with Crippen LogP contribution in [0.5, 0.6) is 0 Å². The largest absolute Gasteiger partial charge is 0.386 e. The standard InChI is InChI=1S/C19H26ClN3O2/c1-2-21-19(22-9-16(24)12-3-5-13(20)6-4-12)23-10-14-15(11-23)18-8-7-17(14)25-18/h3-6,14-18,24H,2,7-11H2,1H3,(H,21,22). The number of hydrogen-bond donors (Lipinski definition) is 2. The molecule has 25 heavy (non-hydrogen) atoms. The summed E-state index contributed by atoms with van der Waals surface area (Å²) in [6.45, 7) is 5.27. The Morgan fingerprint density at radius 2 is 1.92 bits per heavy atom. The number of rotatable bonds is 4. The molecule has 3 aliphatic heterocycles. The van der Waals surface area contributed by atoms with E-state index in [4.69, 9.17) is 21.3 Å². The lowest BCUT2D eigenvalue weighted by Crippen LogP contribution is -2.41. The highest BCUT2D eigenvalue weighted by atomic mass is 35.5. The van der Waals surface area contributed by atoms with Gasteiger partial charge in [-0.15, -0.1) is 0 Å². The van der Waals surface area contributed by atoms with E-state index in [1.807, 2.05) is 12.1 Å². The molecule has 1 aromatic carbocycles. The molecule has 4 rings (SSSR count). The van der Waals surface area contributed by atoms with Gasteiger partial charge in [-0.3, -0.25) is 4.99 Å². The minimum Gasteiger partial charge on any atom is -0.386 e. The fourth-order valence-electron chi connectivity index (χ4n) is 4.52. The molecule has 1 aromatic rings. The highest BCUT2D eigenvalue weighted by molar-refractivity contribution is 6.30. The average molecular weight is 364 g/mol. The monoisotopic (exact) mass is 363 g/mol. The first-order valence-corrected chi connectivity index (χ1v) is 9.65. The quantitative estimate of drug-likeness (QED) is 0.637. The van der Waals surface area contributed by atoms with Gasteiger partial charge in [-0.1, -0.05) is 23.7 Å². The molecule has 3 aliphatic rings. The topological polar surface area (TPSA) is 57.1 Å². The van der Waals surface area contributed by atoms with Gasteiger partial charge in [0.05, 0.1) is 24.9 Å².